The molecule has 0 aliphatic heterocycles. The lowest BCUT2D eigenvalue weighted by Crippen LogP contribution is -2.30. The van der Waals surface area contributed by atoms with Crippen molar-refractivity contribution >= 4 is 27.8 Å². The monoisotopic (exact) mass is 582 g/mol. The number of hydrogen-bond donors (Lipinski definition) is 3. The van der Waals surface area contributed by atoms with Crippen LogP contribution in [0.1, 0.15) is 21.6 Å². The Morgan fingerprint density at radius 3 is 1.97 bits per heavy atom. The lowest BCUT2D eigenvalue weighted by Gasteiger charge is -2.09. The highest BCUT2D eigenvalue weighted by molar-refractivity contribution is 7.90. The topological polar surface area (TPSA) is 138 Å². The molecule has 0 atom stereocenters. The number of alkyl halides is 6. The van der Waals surface area contributed by atoms with Gasteiger partial charge in [0, 0.05) is 18.3 Å². The summed E-state index contributed by atoms with van der Waals surface area (Å²) in [6.07, 6.45) is -8.31. The van der Waals surface area contributed by atoms with Crippen LogP contribution in [0.15, 0.2) is 65.7 Å². The number of anilines is 1. The summed E-state index contributed by atoms with van der Waals surface area (Å²) in [5.41, 5.74) is -0.394. The first kappa shape index (κ1) is 30.9. The van der Waals surface area contributed by atoms with Gasteiger partial charge in [-0.1, -0.05) is 12.1 Å². The molecule has 39 heavy (non-hydrogen) atoms. The molecule has 210 valence electrons. The number of halogens is 7. The molecule has 1 amide bonds. The lowest BCUT2D eigenvalue weighted by atomic mass is 10.1. The first-order chi connectivity index (χ1) is 18.0. The molecule has 0 bridgehead atoms. The number of sulfonamides is 1. The molecular formula is C22H17F7N4O5S. The molecule has 2 aromatic carbocycles. The summed E-state index contributed by atoms with van der Waals surface area (Å²) in [5, 5.41) is 9.80. The minimum absolute atomic E-state index is 0.0190. The molecule has 9 nitrogen and oxygen atoms in total. The zero-order valence-corrected chi connectivity index (χ0v) is 20.0. The Morgan fingerprint density at radius 2 is 1.46 bits per heavy atom. The number of carbonyl (C=O) groups is 2. The number of nitrogens with zero attached hydrogens (tertiary/aromatic N) is 2. The van der Waals surface area contributed by atoms with Crippen LogP contribution in [0.3, 0.4) is 0 Å². The summed E-state index contributed by atoms with van der Waals surface area (Å²) in [4.78, 5) is 27.9. The lowest BCUT2D eigenvalue weighted by molar-refractivity contribution is -0.192. The number of rotatable bonds is 7. The molecule has 0 spiro atoms. The quantitative estimate of drug-likeness (QED) is 0.355. The van der Waals surface area contributed by atoms with Crippen LogP contribution < -0.4 is 10.0 Å². The smallest absolute Gasteiger partial charge is 0.475 e. The fourth-order valence-electron chi connectivity index (χ4n) is 2.60. The van der Waals surface area contributed by atoms with Crippen molar-refractivity contribution in [3.05, 3.63) is 83.4 Å². The number of carboxylic acids is 1. The average molecular weight is 582 g/mol. The second-order valence-corrected chi connectivity index (χ2v) is 9.01. The molecule has 1 aromatic heterocycles. The summed E-state index contributed by atoms with van der Waals surface area (Å²) in [5.74, 6) is -4.40. The van der Waals surface area contributed by atoms with Crippen LogP contribution in [0.4, 0.5) is 36.7 Å². The van der Waals surface area contributed by atoms with Crippen LogP contribution in [0.5, 0.6) is 0 Å². The highest BCUT2D eigenvalue weighted by atomic mass is 32.2. The SMILES string of the molecule is O=C(NS(=O)(=O)c1ccc(CCNc2nccc(C(F)(F)F)n2)cc1)c1ccc(F)cc1.O=C(O)C(F)(F)F. The van der Waals surface area contributed by atoms with E-state index in [2.05, 4.69) is 15.3 Å². The second-order valence-electron chi connectivity index (χ2n) is 7.33. The van der Waals surface area contributed by atoms with E-state index >= 15 is 0 Å². The van der Waals surface area contributed by atoms with Crippen LogP contribution in [0, 0.1) is 5.82 Å². The highest BCUT2D eigenvalue weighted by Gasteiger charge is 2.38. The third-order valence-electron chi connectivity index (χ3n) is 4.45. The minimum Gasteiger partial charge on any atom is -0.475 e. The van der Waals surface area contributed by atoms with Gasteiger partial charge >= 0.3 is 18.3 Å². The Hall–Kier alpha value is -4.28. The molecule has 3 N–H and O–H groups in total. The van der Waals surface area contributed by atoms with E-state index in [1.165, 1.54) is 24.3 Å². The summed E-state index contributed by atoms with van der Waals surface area (Å²) in [6, 6.07) is 10.7. The van der Waals surface area contributed by atoms with E-state index < -0.39 is 45.8 Å². The summed E-state index contributed by atoms with van der Waals surface area (Å²) < 4.78 is 109. The Morgan fingerprint density at radius 1 is 0.897 bits per heavy atom. The van der Waals surface area contributed by atoms with Gasteiger partial charge in [0.15, 0.2) is 0 Å². The largest absolute Gasteiger partial charge is 0.490 e. The average Bonchev–Trinajstić information content (AvgIpc) is 2.84. The van der Waals surface area contributed by atoms with E-state index in [9.17, 15) is 43.9 Å². The van der Waals surface area contributed by atoms with Crippen LogP contribution in [-0.4, -0.2) is 48.1 Å². The molecule has 0 aliphatic carbocycles. The van der Waals surface area contributed by atoms with Gasteiger partial charge in [0.1, 0.15) is 11.5 Å². The molecule has 0 radical (unpaired) electrons. The predicted octanol–water partition coefficient (Wildman–Crippen LogP) is 4.04. The normalized spacial score (nSPS) is 11.7. The highest BCUT2D eigenvalue weighted by Crippen LogP contribution is 2.27. The summed E-state index contributed by atoms with van der Waals surface area (Å²) in [7, 11) is -4.15. The van der Waals surface area contributed by atoms with E-state index in [1.54, 1.807) is 0 Å². The molecule has 0 aliphatic rings. The number of carbonyl (C=O) groups excluding carboxylic acids is 1. The minimum atomic E-state index is -5.08. The van der Waals surface area contributed by atoms with E-state index in [0.717, 1.165) is 36.5 Å². The second kappa shape index (κ2) is 12.5. The zero-order chi connectivity index (χ0) is 29.4. The van der Waals surface area contributed by atoms with Gasteiger partial charge in [-0.25, -0.2) is 32.3 Å². The number of amides is 1. The van der Waals surface area contributed by atoms with Crippen molar-refractivity contribution in [3.63, 3.8) is 0 Å². The van der Waals surface area contributed by atoms with Crippen LogP contribution in [0.2, 0.25) is 0 Å². The van der Waals surface area contributed by atoms with Crippen molar-refractivity contribution in [2.45, 2.75) is 23.7 Å². The Labute approximate surface area is 215 Å². The van der Waals surface area contributed by atoms with Gasteiger partial charge in [0.25, 0.3) is 15.9 Å². The standard InChI is InChI=1S/C20H16F4N4O3S.C2HF3O2/c21-15-5-3-14(4-6-15)18(29)28-32(30,31)16-7-1-13(2-8-16)9-11-25-19-26-12-10-17(27-19)20(22,23)24;3-2(4,5)1(6)7/h1-8,10,12H,9,11H2,(H,28,29)(H,25,26,27);(H,6,7). The first-order valence-electron chi connectivity index (χ1n) is 10.3. The van der Waals surface area contributed by atoms with Gasteiger partial charge in [-0.05, 0) is 54.4 Å². The molecule has 3 aromatic rings. The van der Waals surface area contributed by atoms with Crippen LogP contribution >= 0.6 is 0 Å². The van der Waals surface area contributed by atoms with Crippen molar-refractivity contribution in [3.8, 4) is 0 Å². The van der Waals surface area contributed by atoms with Gasteiger partial charge in [0.05, 0.1) is 4.90 Å². The number of aromatic nitrogens is 2. The molecule has 0 unspecified atom stereocenters. The molecule has 3 rings (SSSR count). The Balaban J connectivity index is 0.000000673. The fourth-order valence-corrected chi connectivity index (χ4v) is 3.57. The van der Waals surface area contributed by atoms with Crippen LogP contribution in [0.25, 0.3) is 0 Å². The molecule has 0 fully saturated rings. The number of hydrogen-bond acceptors (Lipinski definition) is 7. The zero-order valence-electron chi connectivity index (χ0n) is 19.2. The maximum Gasteiger partial charge on any atom is 0.490 e. The fraction of sp³-hybridized carbons (Fsp3) is 0.182. The van der Waals surface area contributed by atoms with E-state index in [-0.39, 0.29) is 23.0 Å². The first-order valence-corrected chi connectivity index (χ1v) is 11.8. The number of nitrogens with one attached hydrogen (secondary N) is 2. The number of carboxylic acid groups (broad SMARTS) is 1. The van der Waals surface area contributed by atoms with Gasteiger partial charge in [-0.3, -0.25) is 4.79 Å². The van der Waals surface area contributed by atoms with Gasteiger partial charge in [-0.2, -0.15) is 26.3 Å². The predicted molar refractivity (Wildman–Crippen MR) is 120 cm³/mol. The van der Waals surface area contributed by atoms with E-state index in [4.69, 9.17) is 9.90 Å². The Kier molecular flexibility index (Phi) is 9.92. The third-order valence-corrected chi connectivity index (χ3v) is 5.80. The van der Waals surface area contributed by atoms with Gasteiger partial charge in [0.2, 0.25) is 5.95 Å². The van der Waals surface area contributed by atoms with Gasteiger partial charge in [-0.15, -0.1) is 0 Å². The van der Waals surface area contributed by atoms with Crippen molar-refractivity contribution in [1.29, 1.82) is 0 Å². The van der Waals surface area contributed by atoms with E-state index in [0.29, 0.717) is 12.0 Å². The summed E-state index contributed by atoms with van der Waals surface area (Å²) >= 11 is 0. The maximum atomic E-state index is 12.9. The summed E-state index contributed by atoms with van der Waals surface area (Å²) in [6.45, 7) is 0.203. The molecule has 0 saturated carbocycles. The Bertz CT molecular complexity index is 1400. The number of aliphatic carboxylic acids is 1. The molecule has 17 heteroatoms. The number of benzene rings is 2. The van der Waals surface area contributed by atoms with Crippen molar-refractivity contribution < 1.29 is 53.8 Å². The van der Waals surface area contributed by atoms with Crippen LogP contribution in [-0.2, 0) is 27.4 Å². The molecule has 0 saturated heterocycles. The molecule has 1 heterocycles. The third kappa shape index (κ3) is 9.84. The van der Waals surface area contributed by atoms with Crippen molar-refractivity contribution in [2.75, 3.05) is 11.9 Å². The van der Waals surface area contributed by atoms with Crippen molar-refractivity contribution in [1.82, 2.24) is 14.7 Å². The maximum absolute atomic E-state index is 12.9. The van der Waals surface area contributed by atoms with E-state index in [1.807, 2.05) is 4.72 Å². The van der Waals surface area contributed by atoms with Crippen molar-refractivity contribution in [2.24, 2.45) is 0 Å². The molecular weight excluding hydrogens is 565 g/mol. The van der Waals surface area contributed by atoms with Gasteiger partial charge < -0.3 is 10.4 Å².